The summed E-state index contributed by atoms with van der Waals surface area (Å²) >= 11 is 1.61. The number of nitrogens with one attached hydrogen (secondary N) is 1. The number of nitrogens with zero attached hydrogens (tertiary/aromatic N) is 4. The monoisotopic (exact) mass is 461 g/mol. The van der Waals surface area contributed by atoms with Crippen molar-refractivity contribution < 1.29 is 9.53 Å². The SMILES string of the molecule is Cn1c(-c2ccc(-c3cncs3)cc2)cnc1C(Cc1ccccn1)NC(=O)OC(C)(C)C. The van der Waals surface area contributed by atoms with Crippen molar-refractivity contribution in [1.82, 2.24) is 24.8 Å². The van der Waals surface area contributed by atoms with Gasteiger partial charge >= 0.3 is 6.09 Å². The average molecular weight is 462 g/mol. The Morgan fingerprint density at radius 1 is 1.09 bits per heavy atom. The molecule has 0 bridgehead atoms. The molecule has 0 saturated carbocycles. The van der Waals surface area contributed by atoms with Crippen LogP contribution in [0, 0.1) is 0 Å². The molecule has 1 atom stereocenters. The van der Waals surface area contributed by atoms with Crippen LogP contribution in [0.25, 0.3) is 21.7 Å². The van der Waals surface area contributed by atoms with Crippen molar-refractivity contribution in [3.05, 3.63) is 78.1 Å². The second-order valence-electron chi connectivity index (χ2n) is 8.73. The number of alkyl carbamates (subject to hydrolysis) is 1. The van der Waals surface area contributed by atoms with E-state index in [1.807, 2.05) is 68.5 Å². The van der Waals surface area contributed by atoms with Gasteiger partial charge in [-0.1, -0.05) is 30.3 Å². The number of carbonyl (C=O) groups is 1. The number of hydrogen-bond donors (Lipinski definition) is 1. The molecule has 1 aromatic carbocycles. The molecule has 1 N–H and O–H groups in total. The summed E-state index contributed by atoms with van der Waals surface area (Å²) < 4.78 is 7.50. The minimum absolute atomic E-state index is 0.398. The van der Waals surface area contributed by atoms with E-state index in [0.717, 1.165) is 33.2 Å². The predicted octanol–water partition coefficient (Wildman–Crippen LogP) is 5.41. The fraction of sp³-hybridized carbons (Fsp3) is 0.280. The van der Waals surface area contributed by atoms with Crippen LogP contribution in [-0.2, 0) is 18.2 Å². The van der Waals surface area contributed by atoms with Crippen LogP contribution in [0.5, 0.6) is 0 Å². The van der Waals surface area contributed by atoms with Gasteiger partial charge in [0.1, 0.15) is 11.4 Å². The minimum Gasteiger partial charge on any atom is -0.444 e. The fourth-order valence-electron chi connectivity index (χ4n) is 3.56. The minimum atomic E-state index is -0.591. The number of imidazole rings is 1. The number of hydrogen-bond acceptors (Lipinski definition) is 6. The molecule has 1 unspecified atom stereocenters. The molecular formula is C25H27N5O2S. The van der Waals surface area contributed by atoms with Gasteiger partial charge in [0, 0.05) is 31.6 Å². The van der Waals surface area contributed by atoms with E-state index in [1.54, 1.807) is 17.5 Å². The molecule has 0 saturated heterocycles. The van der Waals surface area contributed by atoms with Crippen molar-refractivity contribution in [2.75, 3.05) is 0 Å². The van der Waals surface area contributed by atoms with Crippen molar-refractivity contribution >= 4 is 17.4 Å². The van der Waals surface area contributed by atoms with E-state index in [-0.39, 0.29) is 0 Å². The van der Waals surface area contributed by atoms with E-state index in [0.29, 0.717) is 6.42 Å². The van der Waals surface area contributed by atoms with E-state index in [1.165, 1.54) is 0 Å². The molecule has 0 aliphatic carbocycles. The number of benzene rings is 1. The molecule has 3 heterocycles. The van der Waals surface area contributed by atoms with Crippen LogP contribution in [-0.4, -0.2) is 31.2 Å². The van der Waals surface area contributed by atoms with Gasteiger partial charge in [0.25, 0.3) is 0 Å². The first kappa shape index (κ1) is 22.7. The van der Waals surface area contributed by atoms with Crippen LogP contribution < -0.4 is 5.32 Å². The molecule has 33 heavy (non-hydrogen) atoms. The first-order chi connectivity index (χ1) is 15.8. The molecule has 0 spiro atoms. The van der Waals surface area contributed by atoms with Crippen molar-refractivity contribution in [2.24, 2.45) is 7.05 Å². The van der Waals surface area contributed by atoms with Crippen LogP contribution in [0.4, 0.5) is 4.79 Å². The Labute approximate surface area is 197 Å². The summed E-state index contributed by atoms with van der Waals surface area (Å²) in [6.45, 7) is 5.53. The Morgan fingerprint density at radius 3 is 2.48 bits per heavy atom. The molecular weight excluding hydrogens is 434 g/mol. The fourth-order valence-corrected chi connectivity index (χ4v) is 4.19. The van der Waals surface area contributed by atoms with E-state index in [9.17, 15) is 4.79 Å². The van der Waals surface area contributed by atoms with Gasteiger partial charge in [-0.2, -0.15) is 0 Å². The number of pyridine rings is 1. The summed E-state index contributed by atoms with van der Waals surface area (Å²) in [5.41, 5.74) is 5.22. The second kappa shape index (κ2) is 9.54. The highest BCUT2D eigenvalue weighted by molar-refractivity contribution is 7.13. The van der Waals surface area contributed by atoms with Crippen LogP contribution in [0.1, 0.15) is 38.3 Å². The molecule has 0 fully saturated rings. The lowest BCUT2D eigenvalue weighted by Gasteiger charge is -2.23. The maximum atomic E-state index is 12.6. The average Bonchev–Trinajstić information content (AvgIpc) is 3.43. The van der Waals surface area contributed by atoms with Gasteiger partial charge in [-0.15, -0.1) is 11.3 Å². The Kier molecular flexibility index (Phi) is 6.55. The number of rotatable bonds is 6. The lowest BCUT2D eigenvalue weighted by molar-refractivity contribution is 0.0500. The summed E-state index contributed by atoms with van der Waals surface area (Å²) in [6, 6.07) is 13.7. The lowest BCUT2D eigenvalue weighted by Crippen LogP contribution is -2.36. The normalized spacial score (nSPS) is 12.4. The van der Waals surface area contributed by atoms with E-state index < -0.39 is 17.7 Å². The smallest absolute Gasteiger partial charge is 0.408 e. The van der Waals surface area contributed by atoms with Gasteiger partial charge in [0.15, 0.2) is 0 Å². The Bertz CT molecular complexity index is 1200. The first-order valence-electron chi connectivity index (χ1n) is 10.7. The van der Waals surface area contributed by atoms with Gasteiger partial charge in [-0.3, -0.25) is 9.97 Å². The molecule has 7 nitrogen and oxygen atoms in total. The highest BCUT2D eigenvalue weighted by Gasteiger charge is 2.25. The lowest BCUT2D eigenvalue weighted by atomic mass is 10.1. The maximum absolute atomic E-state index is 12.6. The number of carbonyl (C=O) groups excluding carboxylic acids is 1. The Morgan fingerprint density at radius 2 is 1.85 bits per heavy atom. The summed E-state index contributed by atoms with van der Waals surface area (Å²) in [5, 5.41) is 2.98. The van der Waals surface area contributed by atoms with Crippen molar-refractivity contribution in [3.63, 3.8) is 0 Å². The zero-order valence-electron chi connectivity index (χ0n) is 19.1. The third-order valence-electron chi connectivity index (χ3n) is 5.06. The van der Waals surface area contributed by atoms with E-state index in [4.69, 9.17) is 4.74 Å². The van der Waals surface area contributed by atoms with Crippen molar-refractivity contribution in [3.8, 4) is 21.7 Å². The third kappa shape index (κ3) is 5.64. The Hall–Kier alpha value is -3.52. The topological polar surface area (TPSA) is 81.9 Å². The standard InChI is InChI=1S/C25H27N5O2S/c1-25(2,3)32-24(31)29-20(13-19-7-5-6-12-27-19)23-28-14-21(30(23)4)17-8-10-18(11-9-17)22-15-26-16-33-22/h5-12,14-16,20H,13H2,1-4H3,(H,29,31). The third-order valence-corrected chi connectivity index (χ3v) is 5.89. The molecule has 0 aliphatic rings. The maximum Gasteiger partial charge on any atom is 0.408 e. The molecule has 8 heteroatoms. The van der Waals surface area contributed by atoms with Crippen LogP contribution >= 0.6 is 11.3 Å². The number of aromatic nitrogens is 4. The molecule has 3 aromatic heterocycles. The van der Waals surface area contributed by atoms with Crippen LogP contribution in [0.3, 0.4) is 0 Å². The molecule has 4 rings (SSSR count). The molecule has 0 aliphatic heterocycles. The number of thiazole rings is 1. The molecule has 1 amide bonds. The van der Waals surface area contributed by atoms with Gasteiger partial charge in [0.05, 0.1) is 28.3 Å². The number of amides is 1. The largest absolute Gasteiger partial charge is 0.444 e. The van der Waals surface area contributed by atoms with E-state index in [2.05, 4.69) is 44.5 Å². The molecule has 4 aromatic rings. The van der Waals surface area contributed by atoms with Gasteiger partial charge < -0.3 is 14.6 Å². The summed E-state index contributed by atoms with van der Waals surface area (Å²) in [7, 11) is 1.96. The van der Waals surface area contributed by atoms with Crippen molar-refractivity contribution in [1.29, 1.82) is 0 Å². The first-order valence-corrected chi connectivity index (χ1v) is 11.6. The van der Waals surface area contributed by atoms with E-state index >= 15 is 0 Å². The second-order valence-corrected chi connectivity index (χ2v) is 9.61. The van der Waals surface area contributed by atoms with Crippen LogP contribution in [0.15, 0.2) is 66.6 Å². The number of ether oxygens (including phenoxy) is 1. The van der Waals surface area contributed by atoms with Gasteiger partial charge in [0.2, 0.25) is 0 Å². The van der Waals surface area contributed by atoms with Gasteiger partial charge in [-0.25, -0.2) is 9.78 Å². The summed E-state index contributed by atoms with van der Waals surface area (Å²) in [6.07, 6.45) is 5.45. The van der Waals surface area contributed by atoms with Gasteiger partial charge in [-0.05, 0) is 44.0 Å². The Balaban J connectivity index is 1.61. The quantitative estimate of drug-likeness (QED) is 0.415. The highest BCUT2D eigenvalue weighted by Crippen LogP contribution is 2.28. The summed E-state index contributed by atoms with van der Waals surface area (Å²) in [4.78, 5) is 26.9. The highest BCUT2D eigenvalue weighted by atomic mass is 32.1. The zero-order valence-corrected chi connectivity index (χ0v) is 20.0. The molecule has 0 radical (unpaired) electrons. The predicted molar refractivity (Wildman–Crippen MR) is 130 cm³/mol. The summed E-state index contributed by atoms with van der Waals surface area (Å²) in [5.74, 6) is 0.730. The van der Waals surface area contributed by atoms with Crippen molar-refractivity contribution in [2.45, 2.75) is 38.8 Å². The zero-order chi connectivity index (χ0) is 23.4. The van der Waals surface area contributed by atoms with Crippen LogP contribution in [0.2, 0.25) is 0 Å². The molecule has 170 valence electrons.